The molecule has 0 fully saturated rings. The molecular weight excluding hydrogens is 585 g/mol. The van der Waals surface area contributed by atoms with Crippen LogP contribution < -0.4 is 0 Å². The summed E-state index contributed by atoms with van der Waals surface area (Å²) in [5.41, 5.74) is 11.7. The van der Waals surface area contributed by atoms with Gasteiger partial charge in [0.15, 0.2) is 17.5 Å². The Morgan fingerprint density at radius 3 is 1.15 bits per heavy atom. The van der Waals surface area contributed by atoms with Gasteiger partial charge in [-0.05, 0) is 51.1 Å². The van der Waals surface area contributed by atoms with Gasteiger partial charge in [-0.25, -0.2) is 15.0 Å². The third-order valence-electron chi connectivity index (χ3n) is 8.50. The fourth-order valence-corrected chi connectivity index (χ4v) is 6.07. The number of hydrogen-bond acceptors (Lipinski definition) is 4. The molecule has 8 rings (SSSR count). The van der Waals surface area contributed by atoms with Crippen molar-refractivity contribution in [2.75, 3.05) is 0 Å². The minimum atomic E-state index is 0.615. The van der Waals surface area contributed by atoms with Gasteiger partial charge in [-0.15, -0.1) is 0 Å². The Hall–Kier alpha value is -6.52. The molecule has 226 valence electrons. The summed E-state index contributed by atoms with van der Waals surface area (Å²) in [6.07, 6.45) is 3.66. The maximum absolute atomic E-state index is 5.15. The van der Waals surface area contributed by atoms with Crippen LogP contribution in [-0.4, -0.2) is 19.9 Å². The highest BCUT2D eigenvalue weighted by Gasteiger charge is 2.19. The van der Waals surface area contributed by atoms with Gasteiger partial charge in [-0.3, -0.25) is 4.98 Å². The summed E-state index contributed by atoms with van der Waals surface area (Å²) >= 11 is 0. The topological polar surface area (TPSA) is 51.6 Å². The maximum Gasteiger partial charge on any atom is 0.164 e. The largest absolute Gasteiger partial charge is 0.265 e. The van der Waals surface area contributed by atoms with Crippen LogP contribution in [0.2, 0.25) is 0 Å². The van der Waals surface area contributed by atoms with Crippen molar-refractivity contribution in [2.45, 2.75) is 0 Å². The molecule has 0 saturated heterocycles. The molecule has 4 nitrogen and oxygen atoms in total. The number of aromatic nitrogens is 4. The molecule has 0 atom stereocenters. The molecule has 0 amide bonds. The van der Waals surface area contributed by atoms with Crippen molar-refractivity contribution in [3.63, 3.8) is 0 Å². The summed E-state index contributed by atoms with van der Waals surface area (Å²) in [5, 5.41) is 0. The van der Waals surface area contributed by atoms with Crippen LogP contribution in [0.3, 0.4) is 0 Å². The normalized spacial score (nSPS) is 10.9. The summed E-state index contributed by atoms with van der Waals surface area (Å²) in [7, 11) is 0. The number of pyridine rings is 1. The van der Waals surface area contributed by atoms with Crippen molar-refractivity contribution in [1.29, 1.82) is 0 Å². The maximum atomic E-state index is 5.15. The first-order valence-electron chi connectivity index (χ1n) is 16.0. The van der Waals surface area contributed by atoms with Crippen molar-refractivity contribution in [3.05, 3.63) is 182 Å². The molecule has 2 aromatic heterocycles. The zero-order valence-corrected chi connectivity index (χ0v) is 26.1. The van der Waals surface area contributed by atoms with Gasteiger partial charge in [-0.2, -0.15) is 0 Å². The molecule has 0 aliphatic heterocycles. The molecular formula is C44H30N4. The number of hydrogen-bond donors (Lipinski definition) is 0. The van der Waals surface area contributed by atoms with Gasteiger partial charge in [0.1, 0.15) is 0 Å². The SMILES string of the molecule is c1ccc(-c2ccc(-c3nc(-c4ccc(-c5ccccc5)cc4)nc(-c4cccc(-c5ccncc5)c4-c4ccccc4)n3)cc2)cc1. The molecule has 8 aromatic rings. The van der Waals surface area contributed by atoms with E-state index in [-0.39, 0.29) is 0 Å². The van der Waals surface area contributed by atoms with E-state index < -0.39 is 0 Å². The molecule has 0 saturated carbocycles. The smallest absolute Gasteiger partial charge is 0.164 e. The molecule has 4 heteroatoms. The lowest BCUT2D eigenvalue weighted by Crippen LogP contribution is -2.02. The van der Waals surface area contributed by atoms with E-state index in [1.165, 1.54) is 11.1 Å². The second-order valence-corrected chi connectivity index (χ2v) is 11.5. The predicted molar refractivity (Wildman–Crippen MR) is 196 cm³/mol. The van der Waals surface area contributed by atoms with E-state index in [2.05, 4.69) is 145 Å². The highest BCUT2D eigenvalue weighted by molar-refractivity contribution is 5.93. The molecule has 0 radical (unpaired) electrons. The third kappa shape index (κ3) is 5.91. The van der Waals surface area contributed by atoms with Crippen molar-refractivity contribution < 1.29 is 0 Å². The van der Waals surface area contributed by atoms with Crippen LogP contribution in [-0.2, 0) is 0 Å². The van der Waals surface area contributed by atoms with Crippen LogP contribution in [0.4, 0.5) is 0 Å². The highest BCUT2D eigenvalue weighted by Crippen LogP contribution is 2.40. The van der Waals surface area contributed by atoms with E-state index in [1.54, 1.807) is 0 Å². The van der Waals surface area contributed by atoms with Crippen molar-refractivity contribution in [3.8, 4) is 78.7 Å². The molecule has 6 aromatic carbocycles. The van der Waals surface area contributed by atoms with Gasteiger partial charge < -0.3 is 0 Å². The fourth-order valence-electron chi connectivity index (χ4n) is 6.07. The van der Waals surface area contributed by atoms with E-state index in [9.17, 15) is 0 Å². The standard InChI is InChI=1S/C44H30N4/c1-4-11-31(12-5-1)33-19-23-37(24-20-33)42-46-43(38-25-21-34(22-26-38)32-13-6-2-7-14-32)48-44(47-42)40-18-10-17-39(35-27-29-45-30-28-35)41(40)36-15-8-3-9-16-36/h1-30H. The molecule has 0 N–H and O–H groups in total. The van der Waals surface area contributed by atoms with E-state index in [0.29, 0.717) is 17.5 Å². The molecule has 48 heavy (non-hydrogen) atoms. The lowest BCUT2D eigenvalue weighted by Gasteiger charge is -2.16. The average Bonchev–Trinajstić information content (AvgIpc) is 3.19. The molecule has 0 aliphatic carbocycles. The minimum absolute atomic E-state index is 0.615. The Bertz CT molecular complexity index is 2190. The Morgan fingerprint density at radius 2 is 0.646 bits per heavy atom. The summed E-state index contributed by atoms with van der Waals surface area (Å²) in [6, 6.07) is 58.5. The number of rotatable bonds is 7. The van der Waals surface area contributed by atoms with Gasteiger partial charge in [0.2, 0.25) is 0 Å². The van der Waals surface area contributed by atoms with Crippen LogP contribution in [0.25, 0.3) is 78.7 Å². The Balaban J connectivity index is 1.31. The van der Waals surface area contributed by atoms with Crippen molar-refractivity contribution >= 4 is 0 Å². The molecule has 0 aliphatic rings. The quantitative estimate of drug-likeness (QED) is 0.179. The average molecular weight is 615 g/mol. The summed E-state index contributed by atoms with van der Waals surface area (Å²) in [6.45, 7) is 0. The Morgan fingerprint density at radius 1 is 0.250 bits per heavy atom. The van der Waals surface area contributed by atoms with E-state index in [1.807, 2.05) is 42.7 Å². The van der Waals surface area contributed by atoms with E-state index in [0.717, 1.165) is 50.1 Å². The first kappa shape index (κ1) is 28.9. The molecule has 0 spiro atoms. The summed E-state index contributed by atoms with van der Waals surface area (Å²) in [5.74, 6) is 1.86. The van der Waals surface area contributed by atoms with Gasteiger partial charge in [0, 0.05) is 34.6 Å². The lowest BCUT2D eigenvalue weighted by molar-refractivity contribution is 1.07. The van der Waals surface area contributed by atoms with Crippen LogP contribution in [0, 0.1) is 0 Å². The van der Waals surface area contributed by atoms with Crippen molar-refractivity contribution in [2.24, 2.45) is 0 Å². The van der Waals surface area contributed by atoms with Crippen LogP contribution in [0.5, 0.6) is 0 Å². The molecule has 0 bridgehead atoms. The monoisotopic (exact) mass is 614 g/mol. The lowest BCUT2D eigenvalue weighted by atomic mass is 9.90. The fraction of sp³-hybridized carbons (Fsp3) is 0. The second kappa shape index (κ2) is 13.1. The van der Waals surface area contributed by atoms with Gasteiger partial charge >= 0.3 is 0 Å². The van der Waals surface area contributed by atoms with Crippen LogP contribution in [0.15, 0.2) is 182 Å². The second-order valence-electron chi connectivity index (χ2n) is 11.5. The highest BCUT2D eigenvalue weighted by atomic mass is 15.0. The minimum Gasteiger partial charge on any atom is -0.265 e. The number of benzene rings is 6. The Kier molecular flexibility index (Phi) is 7.87. The first-order chi connectivity index (χ1) is 23.8. The summed E-state index contributed by atoms with van der Waals surface area (Å²) < 4.78 is 0. The van der Waals surface area contributed by atoms with Crippen LogP contribution >= 0.6 is 0 Å². The first-order valence-corrected chi connectivity index (χ1v) is 16.0. The zero-order valence-electron chi connectivity index (χ0n) is 26.1. The molecule has 2 heterocycles. The van der Waals surface area contributed by atoms with Crippen molar-refractivity contribution in [1.82, 2.24) is 19.9 Å². The van der Waals surface area contributed by atoms with Gasteiger partial charge in [0.05, 0.1) is 0 Å². The predicted octanol–water partition coefficient (Wildman–Crippen LogP) is 10.9. The van der Waals surface area contributed by atoms with Gasteiger partial charge in [-0.1, -0.05) is 158 Å². The van der Waals surface area contributed by atoms with Crippen LogP contribution in [0.1, 0.15) is 0 Å². The molecule has 0 unspecified atom stereocenters. The summed E-state index contributed by atoms with van der Waals surface area (Å²) in [4.78, 5) is 19.6. The zero-order chi connectivity index (χ0) is 32.1. The third-order valence-corrected chi connectivity index (χ3v) is 8.50. The van der Waals surface area contributed by atoms with Gasteiger partial charge in [0.25, 0.3) is 0 Å². The number of nitrogens with zero attached hydrogens (tertiary/aromatic N) is 4. The Labute approximate surface area is 280 Å². The van der Waals surface area contributed by atoms with E-state index in [4.69, 9.17) is 15.0 Å². The van der Waals surface area contributed by atoms with E-state index >= 15 is 0 Å².